The maximum Gasteiger partial charge on any atom is 0.317 e. The van der Waals surface area contributed by atoms with Crippen molar-refractivity contribution in [1.82, 2.24) is 15.1 Å². The molecule has 2 N–H and O–H groups in total. The largest absolute Gasteiger partial charge is 0.391 e. The Labute approximate surface area is 138 Å². The van der Waals surface area contributed by atoms with Crippen LogP contribution in [0.25, 0.3) is 0 Å². The zero-order valence-electron chi connectivity index (χ0n) is 13.7. The van der Waals surface area contributed by atoms with Gasteiger partial charge in [0.1, 0.15) is 0 Å². The number of aliphatic hydroxyl groups excluding tert-OH is 1. The Morgan fingerprint density at radius 3 is 2.48 bits per heavy atom. The van der Waals surface area contributed by atoms with Crippen molar-refractivity contribution in [1.29, 1.82) is 0 Å². The monoisotopic (exact) mass is 317 g/mol. The fourth-order valence-corrected chi connectivity index (χ4v) is 3.39. The highest BCUT2D eigenvalue weighted by molar-refractivity contribution is 5.74. The molecule has 1 aromatic rings. The van der Waals surface area contributed by atoms with Crippen LogP contribution in [0.3, 0.4) is 0 Å². The molecule has 0 saturated carbocycles. The minimum absolute atomic E-state index is 0.0788. The van der Waals surface area contributed by atoms with Crippen LogP contribution in [0.15, 0.2) is 24.3 Å². The quantitative estimate of drug-likeness (QED) is 0.892. The number of hydrogen-bond acceptors (Lipinski definition) is 3. The molecule has 126 valence electrons. The zero-order chi connectivity index (χ0) is 16.1. The van der Waals surface area contributed by atoms with Crippen LogP contribution >= 0.6 is 0 Å². The van der Waals surface area contributed by atoms with Crippen molar-refractivity contribution in [2.45, 2.75) is 44.9 Å². The number of hydrogen-bond donors (Lipinski definition) is 2. The van der Waals surface area contributed by atoms with E-state index in [0.29, 0.717) is 13.1 Å². The van der Waals surface area contributed by atoms with Gasteiger partial charge in [0.2, 0.25) is 0 Å². The third-order valence-electron chi connectivity index (χ3n) is 4.76. The minimum Gasteiger partial charge on any atom is -0.391 e. The Hall–Kier alpha value is -1.59. The normalized spacial score (nSPS) is 22.3. The second-order valence-corrected chi connectivity index (χ2v) is 6.70. The Bertz CT molecular complexity index is 512. The van der Waals surface area contributed by atoms with Crippen LogP contribution in [0, 0.1) is 0 Å². The van der Waals surface area contributed by atoms with Crippen LogP contribution in [0.5, 0.6) is 0 Å². The summed E-state index contributed by atoms with van der Waals surface area (Å²) in [5.41, 5.74) is 2.45. The third kappa shape index (κ3) is 4.69. The summed E-state index contributed by atoms with van der Waals surface area (Å²) in [6, 6.07) is 8.42. The number of carbonyl (C=O) groups excluding carboxylic acids is 1. The van der Waals surface area contributed by atoms with Gasteiger partial charge in [0.05, 0.1) is 6.10 Å². The highest BCUT2D eigenvalue weighted by Crippen LogP contribution is 2.14. The topological polar surface area (TPSA) is 55.8 Å². The average Bonchev–Trinajstić information content (AvgIpc) is 3.07. The van der Waals surface area contributed by atoms with Crippen molar-refractivity contribution < 1.29 is 9.90 Å². The molecule has 5 nitrogen and oxygen atoms in total. The fraction of sp³-hybridized carbons (Fsp3) is 0.611. The first-order chi connectivity index (χ1) is 11.2. The number of aliphatic hydroxyl groups is 1. The van der Waals surface area contributed by atoms with Crippen LogP contribution in [-0.2, 0) is 13.1 Å². The number of β-amino-alcohol motifs (C(OH)–C–C–N with tert-alkyl or cyclic N) is 1. The van der Waals surface area contributed by atoms with Gasteiger partial charge in [-0.2, -0.15) is 0 Å². The Kier molecular flexibility index (Phi) is 5.51. The van der Waals surface area contributed by atoms with Crippen molar-refractivity contribution in [2.24, 2.45) is 0 Å². The van der Waals surface area contributed by atoms with E-state index in [-0.39, 0.29) is 12.1 Å². The molecule has 2 saturated heterocycles. The van der Waals surface area contributed by atoms with Gasteiger partial charge in [-0.15, -0.1) is 0 Å². The lowest BCUT2D eigenvalue weighted by Gasteiger charge is -2.30. The molecule has 0 radical (unpaired) electrons. The molecule has 2 aliphatic heterocycles. The summed E-state index contributed by atoms with van der Waals surface area (Å²) in [5, 5.41) is 12.6. The van der Waals surface area contributed by atoms with Gasteiger partial charge < -0.3 is 15.3 Å². The van der Waals surface area contributed by atoms with Crippen LogP contribution in [0.1, 0.15) is 36.8 Å². The van der Waals surface area contributed by atoms with Crippen LogP contribution in [-0.4, -0.2) is 53.2 Å². The number of rotatable bonds is 4. The molecule has 5 heteroatoms. The number of nitrogens with one attached hydrogen (secondary N) is 1. The highest BCUT2D eigenvalue weighted by Gasteiger charge is 2.21. The molecule has 0 aliphatic carbocycles. The predicted molar refractivity (Wildman–Crippen MR) is 90.0 cm³/mol. The number of nitrogens with zero attached hydrogens (tertiary/aromatic N) is 2. The fourth-order valence-electron chi connectivity index (χ4n) is 3.39. The van der Waals surface area contributed by atoms with E-state index in [2.05, 4.69) is 34.5 Å². The van der Waals surface area contributed by atoms with E-state index >= 15 is 0 Å². The molecular weight excluding hydrogens is 290 g/mol. The lowest BCUT2D eigenvalue weighted by molar-refractivity contribution is 0.0842. The first-order valence-corrected chi connectivity index (χ1v) is 8.72. The number of carbonyl (C=O) groups is 1. The van der Waals surface area contributed by atoms with E-state index < -0.39 is 0 Å². The van der Waals surface area contributed by atoms with Crippen LogP contribution < -0.4 is 5.32 Å². The van der Waals surface area contributed by atoms with Crippen molar-refractivity contribution in [3.63, 3.8) is 0 Å². The summed E-state index contributed by atoms with van der Waals surface area (Å²) in [5.74, 6) is 0. The van der Waals surface area contributed by atoms with Gasteiger partial charge in [-0.3, -0.25) is 4.90 Å². The third-order valence-corrected chi connectivity index (χ3v) is 4.76. The van der Waals surface area contributed by atoms with Crippen molar-refractivity contribution in [3.8, 4) is 0 Å². The van der Waals surface area contributed by atoms with Gasteiger partial charge in [-0.05, 0) is 49.9 Å². The molecule has 3 rings (SSSR count). The molecule has 1 atom stereocenters. The molecule has 2 amide bonds. The van der Waals surface area contributed by atoms with E-state index in [4.69, 9.17) is 0 Å². The van der Waals surface area contributed by atoms with Gasteiger partial charge >= 0.3 is 6.03 Å². The molecule has 2 heterocycles. The summed E-state index contributed by atoms with van der Waals surface area (Å²) in [6.45, 7) is 5.16. The van der Waals surface area contributed by atoms with Gasteiger partial charge in [0.25, 0.3) is 0 Å². The van der Waals surface area contributed by atoms with Crippen molar-refractivity contribution >= 4 is 6.03 Å². The Balaban J connectivity index is 1.45. The van der Waals surface area contributed by atoms with E-state index in [0.717, 1.165) is 31.5 Å². The summed E-state index contributed by atoms with van der Waals surface area (Å²) >= 11 is 0. The number of amides is 2. The second-order valence-electron chi connectivity index (χ2n) is 6.70. The van der Waals surface area contributed by atoms with E-state index in [1.54, 1.807) is 4.90 Å². The molecule has 2 aliphatic rings. The minimum atomic E-state index is -0.376. The number of urea groups is 1. The lowest BCUT2D eigenvalue weighted by atomic mass is 10.1. The predicted octanol–water partition coefficient (Wildman–Crippen LogP) is 1.95. The van der Waals surface area contributed by atoms with Crippen LogP contribution in [0.4, 0.5) is 4.79 Å². The first-order valence-electron chi connectivity index (χ1n) is 8.72. The zero-order valence-corrected chi connectivity index (χ0v) is 13.7. The highest BCUT2D eigenvalue weighted by atomic mass is 16.3. The molecule has 0 aromatic heterocycles. The maximum absolute atomic E-state index is 12.1. The van der Waals surface area contributed by atoms with E-state index in [9.17, 15) is 9.90 Å². The van der Waals surface area contributed by atoms with Crippen molar-refractivity contribution in [3.05, 3.63) is 35.4 Å². The van der Waals surface area contributed by atoms with Gasteiger partial charge in [0, 0.05) is 26.2 Å². The molecular formula is C18H27N3O2. The molecule has 2 fully saturated rings. The Morgan fingerprint density at radius 2 is 1.78 bits per heavy atom. The standard InChI is InChI=1S/C18H27N3O2/c22-17-4-3-11-21(14-17)18(23)19-12-15-5-7-16(8-6-15)13-20-9-1-2-10-20/h5-8,17,22H,1-4,9-14H2,(H,19,23)/t17-/m1/s1. The number of benzene rings is 1. The molecule has 1 aromatic carbocycles. The van der Waals surface area contributed by atoms with Gasteiger partial charge in [-0.1, -0.05) is 24.3 Å². The van der Waals surface area contributed by atoms with E-state index in [1.165, 1.54) is 31.5 Å². The maximum atomic E-state index is 12.1. The molecule has 0 bridgehead atoms. The van der Waals surface area contributed by atoms with Gasteiger partial charge in [0.15, 0.2) is 0 Å². The first kappa shape index (κ1) is 16.3. The summed E-state index contributed by atoms with van der Waals surface area (Å²) < 4.78 is 0. The molecule has 23 heavy (non-hydrogen) atoms. The average molecular weight is 317 g/mol. The molecule has 0 unspecified atom stereocenters. The number of piperidine rings is 1. The summed E-state index contributed by atoms with van der Waals surface area (Å²) in [7, 11) is 0. The van der Waals surface area contributed by atoms with Crippen LogP contribution in [0.2, 0.25) is 0 Å². The SMILES string of the molecule is O=C(NCc1ccc(CN2CCCC2)cc1)N1CCC[C@@H](O)C1. The number of likely N-dealkylation sites (tertiary alicyclic amines) is 2. The smallest absolute Gasteiger partial charge is 0.317 e. The van der Waals surface area contributed by atoms with E-state index in [1.807, 2.05) is 0 Å². The lowest BCUT2D eigenvalue weighted by Crippen LogP contribution is -2.46. The molecule has 0 spiro atoms. The Morgan fingerprint density at radius 1 is 1.09 bits per heavy atom. The van der Waals surface area contributed by atoms with Crippen molar-refractivity contribution in [2.75, 3.05) is 26.2 Å². The summed E-state index contributed by atoms with van der Waals surface area (Å²) in [4.78, 5) is 16.3. The second kappa shape index (κ2) is 7.79. The summed E-state index contributed by atoms with van der Waals surface area (Å²) in [6.07, 6.45) is 3.92. The van der Waals surface area contributed by atoms with Gasteiger partial charge in [-0.25, -0.2) is 4.79 Å².